The van der Waals surface area contributed by atoms with Crippen LogP contribution in [0.25, 0.3) is 27.8 Å². The fraction of sp³-hybridized carbons (Fsp3) is 0.0652. The predicted octanol–water partition coefficient (Wildman–Crippen LogP) is 11.0. The molecule has 0 amide bonds. The number of hydrogen-bond donors (Lipinski definition) is 0. The summed E-state index contributed by atoms with van der Waals surface area (Å²) in [5.74, 6) is -0.434. The Morgan fingerprint density at radius 1 is 0.569 bits per heavy atom. The first-order chi connectivity index (χ1) is 24.9. The second kappa shape index (κ2) is 10.9. The number of ketones is 2. The number of carbonyl (C=O) groups excluding carboxylic acids is 2. The summed E-state index contributed by atoms with van der Waals surface area (Å²) in [7, 11) is 0. The molecule has 0 atom stereocenters. The highest BCUT2D eigenvalue weighted by atomic mass is 32.1. The Morgan fingerprint density at radius 3 is 1.63 bits per heavy atom. The minimum Gasteiger partial charge on any atom is -0.309 e. The fourth-order valence-corrected chi connectivity index (χ4v) is 9.49. The minimum atomic E-state index is -0.632. The van der Waals surface area contributed by atoms with Crippen LogP contribution in [0.2, 0.25) is 0 Å². The maximum absolute atomic E-state index is 13.4. The lowest BCUT2D eigenvalue weighted by molar-refractivity contribution is 0.0990. The summed E-state index contributed by atoms with van der Waals surface area (Å²) in [4.78, 5) is 36.4. The third kappa shape index (κ3) is 4.16. The lowest BCUT2D eigenvalue weighted by atomic mass is 9.71. The SMILES string of the molecule is Cc1ccc(N(c2ccc(C)cc2)c2cnc3c(c2)C2(c4ccccc4-c4ccccc42)c2cc(C=C4C(=O)c5ccccc5C4=O)sc2-3)cc1. The fourth-order valence-electron chi connectivity index (χ4n) is 8.32. The van der Waals surface area contributed by atoms with Crippen LogP contribution in [0.1, 0.15) is 59.0 Å². The molecule has 0 saturated carbocycles. The molecule has 5 aromatic carbocycles. The smallest absolute Gasteiger partial charge is 0.197 e. The summed E-state index contributed by atoms with van der Waals surface area (Å²) in [5.41, 5.74) is 14.0. The number of thiophene rings is 1. The largest absolute Gasteiger partial charge is 0.309 e. The van der Waals surface area contributed by atoms with Gasteiger partial charge in [-0.15, -0.1) is 11.3 Å². The average molecular weight is 675 g/mol. The molecule has 0 fully saturated rings. The van der Waals surface area contributed by atoms with Crippen molar-refractivity contribution in [3.05, 3.63) is 195 Å². The number of Topliss-reactive ketones (excluding diaryl/α,β-unsaturated/α-hetero) is 2. The van der Waals surface area contributed by atoms with E-state index in [1.165, 1.54) is 33.4 Å². The van der Waals surface area contributed by atoms with Gasteiger partial charge in [0.15, 0.2) is 11.6 Å². The van der Waals surface area contributed by atoms with Gasteiger partial charge in [0, 0.05) is 32.9 Å². The molecular formula is C46H30N2O2S. The van der Waals surface area contributed by atoms with Crippen molar-refractivity contribution in [2.75, 3.05) is 4.90 Å². The molecule has 0 unspecified atom stereocenters. The van der Waals surface area contributed by atoms with Crippen LogP contribution in [0.4, 0.5) is 17.1 Å². The maximum Gasteiger partial charge on any atom is 0.197 e. The van der Waals surface area contributed by atoms with Crippen molar-refractivity contribution in [3.8, 4) is 21.7 Å². The zero-order chi connectivity index (χ0) is 34.4. The Morgan fingerprint density at radius 2 is 1.08 bits per heavy atom. The van der Waals surface area contributed by atoms with E-state index in [1.54, 1.807) is 41.7 Å². The molecule has 1 spiro atoms. The van der Waals surface area contributed by atoms with E-state index in [0.29, 0.717) is 11.1 Å². The standard InChI is InChI=1S/C46H30N2O2S/c1-27-15-19-29(20-16-27)48(30-21-17-28(2)18-22-30)31-23-40-42(47-26-31)45-41(46(40)38-13-7-5-9-33(38)34-10-6-8-14-39(34)46)25-32(51-45)24-37-43(49)35-11-3-4-12-36(35)44(37)50/h3-26H,1-2H3. The van der Waals surface area contributed by atoms with Gasteiger partial charge in [-0.25, -0.2) is 0 Å². The van der Waals surface area contributed by atoms with Crippen LogP contribution in [-0.2, 0) is 5.41 Å². The van der Waals surface area contributed by atoms with Crippen LogP contribution in [0.3, 0.4) is 0 Å². The maximum atomic E-state index is 13.4. The first kappa shape index (κ1) is 29.7. The Bertz CT molecular complexity index is 2520. The number of aromatic nitrogens is 1. The second-order valence-electron chi connectivity index (χ2n) is 13.6. The monoisotopic (exact) mass is 674 g/mol. The lowest BCUT2D eigenvalue weighted by Crippen LogP contribution is -2.26. The van der Waals surface area contributed by atoms with Crippen molar-refractivity contribution in [1.29, 1.82) is 0 Å². The molecule has 4 nitrogen and oxygen atoms in total. The van der Waals surface area contributed by atoms with Crippen LogP contribution < -0.4 is 4.90 Å². The molecule has 3 aliphatic rings. The van der Waals surface area contributed by atoms with Gasteiger partial charge in [0.05, 0.1) is 33.4 Å². The minimum absolute atomic E-state index is 0.216. The van der Waals surface area contributed by atoms with Crippen molar-refractivity contribution >= 4 is 46.0 Å². The number of aryl methyl sites for hydroxylation is 2. The zero-order valence-electron chi connectivity index (χ0n) is 28.0. The predicted molar refractivity (Wildman–Crippen MR) is 206 cm³/mol. The molecule has 2 heterocycles. The first-order valence-corrected chi connectivity index (χ1v) is 17.9. The van der Waals surface area contributed by atoms with Crippen LogP contribution in [0.15, 0.2) is 145 Å². The number of benzene rings is 5. The van der Waals surface area contributed by atoms with E-state index >= 15 is 0 Å². The number of allylic oxidation sites excluding steroid dienone is 1. The molecule has 0 radical (unpaired) electrons. The highest BCUT2D eigenvalue weighted by Crippen LogP contribution is 2.64. The summed E-state index contributed by atoms with van der Waals surface area (Å²) >= 11 is 1.60. The molecular weight excluding hydrogens is 645 g/mol. The molecule has 2 aromatic heterocycles. The Labute approximate surface area is 300 Å². The topological polar surface area (TPSA) is 50.3 Å². The zero-order valence-corrected chi connectivity index (χ0v) is 28.8. The molecule has 242 valence electrons. The number of fused-ring (bicyclic) bond motifs is 11. The van der Waals surface area contributed by atoms with Gasteiger partial charge >= 0.3 is 0 Å². The molecule has 0 bridgehead atoms. The van der Waals surface area contributed by atoms with Crippen molar-refractivity contribution in [3.63, 3.8) is 0 Å². The molecule has 10 rings (SSSR count). The highest BCUT2D eigenvalue weighted by Gasteiger charge is 2.53. The van der Waals surface area contributed by atoms with Crippen LogP contribution in [0, 0.1) is 13.8 Å². The number of anilines is 3. The number of rotatable bonds is 4. The van der Waals surface area contributed by atoms with Gasteiger partial charge in [0.2, 0.25) is 0 Å². The third-order valence-corrected chi connectivity index (χ3v) is 11.7. The first-order valence-electron chi connectivity index (χ1n) is 17.1. The summed E-state index contributed by atoms with van der Waals surface area (Å²) in [5, 5.41) is 0. The van der Waals surface area contributed by atoms with Gasteiger partial charge in [0.1, 0.15) is 0 Å². The van der Waals surface area contributed by atoms with E-state index in [0.717, 1.165) is 43.6 Å². The summed E-state index contributed by atoms with van der Waals surface area (Å²) < 4.78 is 0. The van der Waals surface area contributed by atoms with Gasteiger partial charge in [-0.3, -0.25) is 14.6 Å². The molecule has 5 heteroatoms. The molecule has 51 heavy (non-hydrogen) atoms. The Balaban J connectivity index is 1.22. The number of nitrogens with zero attached hydrogens (tertiary/aromatic N) is 2. The van der Waals surface area contributed by atoms with E-state index in [-0.39, 0.29) is 17.1 Å². The van der Waals surface area contributed by atoms with E-state index < -0.39 is 5.41 Å². The van der Waals surface area contributed by atoms with Crippen LogP contribution >= 0.6 is 11.3 Å². The lowest BCUT2D eigenvalue weighted by Gasteiger charge is -2.31. The average Bonchev–Trinajstić information content (AvgIpc) is 3.86. The van der Waals surface area contributed by atoms with E-state index in [9.17, 15) is 9.59 Å². The number of hydrogen-bond acceptors (Lipinski definition) is 5. The normalized spacial score (nSPS) is 14.3. The summed E-state index contributed by atoms with van der Waals surface area (Å²) in [6.45, 7) is 4.21. The highest BCUT2D eigenvalue weighted by molar-refractivity contribution is 7.16. The molecule has 0 aliphatic heterocycles. The van der Waals surface area contributed by atoms with Gasteiger partial charge < -0.3 is 4.90 Å². The van der Waals surface area contributed by atoms with Gasteiger partial charge in [-0.1, -0.05) is 108 Å². The quantitative estimate of drug-likeness (QED) is 0.138. The van der Waals surface area contributed by atoms with E-state index in [1.807, 2.05) is 6.20 Å². The van der Waals surface area contributed by atoms with E-state index in [4.69, 9.17) is 4.98 Å². The second-order valence-corrected chi connectivity index (χ2v) is 14.7. The van der Waals surface area contributed by atoms with Gasteiger partial charge in [0.25, 0.3) is 0 Å². The van der Waals surface area contributed by atoms with E-state index in [2.05, 4.69) is 128 Å². The van der Waals surface area contributed by atoms with Gasteiger partial charge in [-0.05, 0) is 84.1 Å². The van der Waals surface area contributed by atoms with Gasteiger partial charge in [-0.2, -0.15) is 0 Å². The molecule has 7 aromatic rings. The van der Waals surface area contributed by atoms with Crippen molar-refractivity contribution < 1.29 is 9.59 Å². The van der Waals surface area contributed by atoms with Crippen molar-refractivity contribution in [2.45, 2.75) is 19.3 Å². The number of carbonyl (C=O) groups is 2. The molecule has 0 N–H and O–H groups in total. The van der Waals surface area contributed by atoms with Crippen molar-refractivity contribution in [2.24, 2.45) is 0 Å². The number of pyridine rings is 1. The Hall–Kier alpha value is -6.17. The van der Waals surface area contributed by atoms with Crippen LogP contribution in [0.5, 0.6) is 0 Å². The molecule has 3 aliphatic carbocycles. The Kier molecular flexibility index (Phi) is 6.36. The molecule has 0 saturated heterocycles. The summed E-state index contributed by atoms with van der Waals surface area (Å²) in [6, 6.07) is 46.2. The van der Waals surface area contributed by atoms with Crippen LogP contribution in [-0.4, -0.2) is 16.6 Å². The van der Waals surface area contributed by atoms with Crippen molar-refractivity contribution in [1.82, 2.24) is 4.98 Å². The third-order valence-electron chi connectivity index (χ3n) is 10.6. The summed E-state index contributed by atoms with van der Waals surface area (Å²) in [6.07, 6.45) is 3.77.